The Morgan fingerprint density at radius 2 is 2.14 bits per heavy atom. The zero-order valence-corrected chi connectivity index (χ0v) is 12.5. The fourth-order valence-corrected chi connectivity index (χ4v) is 3.84. The topological polar surface area (TPSA) is 46.3 Å². The normalized spacial score (nSPS) is 29.4. The fourth-order valence-electron chi connectivity index (χ4n) is 3.84. The summed E-state index contributed by atoms with van der Waals surface area (Å²) in [5.41, 5.74) is 7.77. The van der Waals surface area contributed by atoms with Crippen molar-refractivity contribution in [2.24, 2.45) is 17.6 Å². The summed E-state index contributed by atoms with van der Waals surface area (Å²) >= 11 is 0. The summed E-state index contributed by atoms with van der Waals surface area (Å²) in [6.45, 7) is 2.81. The smallest absolute Gasteiger partial charge is 0.227 e. The van der Waals surface area contributed by atoms with Gasteiger partial charge in [-0.2, -0.15) is 0 Å². The molecule has 0 radical (unpaired) electrons. The van der Waals surface area contributed by atoms with Crippen LogP contribution in [-0.2, 0) is 11.2 Å². The van der Waals surface area contributed by atoms with Gasteiger partial charge in [-0.3, -0.25) is 4.79 Å². The Morgan fingerprint density at radius 3 is 2.90 bits per heavy atom. The van der Waals surface area contributed by atoms with E-state index in [2.05, 4.69) is 6.92 Å². The lowest BCUT2D eigenvalue weighted by Crippen LogP contribution is -2.51. The lowest BCUT2D eigenvalue weighted by molar-refractivity contribution is -0.119. The molecule has 0 spiro atoms. The molecule has 114 valence electrons. The summed E-state index contributed by atoms with van der Waals surface area (Å²) in [4.78, 5) is 14.4. The molecule has 1 aromatic carbocycles. The molecule has 4 heteroatoms. The lowest BCUT2D eigenvalue weighted by Gasteiger charge is -2.44. The number of amides is 1. The van der Waals surface area contributed by atoms with Crippen LogP contribution in [0.5, 0.6) is 0 Å². The third kappa shape index (κ3) is 2.69. The van der Waals surface area contributed by atoms with E-state index in [9.17, 15) is 9.18 Å². The van der Waals surface area contributed by atoms with E-state index in [4.69, 9.17) is 5.73 Å². The van der Waals surface area contributed by atoms with Crippen LogP contribution in [0, 0.1) is 17.7 Å². The predicted molar refractivity (Wildman–Crippen MR) is 81.6 cm³/mol. The number of nitrogens with zero attached hydrogens (tertiary/aromatic N) is 1. The molecule has 2 aliphatic rings. The maximum absolute atomic E-state index is 13.7. The maximum Gasteiger partial charge on any atom is 0.227 e. The summed E-state index contributed by atoms with van der Waals surface area (Å²) in [6, 6.07) is 4.93. The minimum atomic E-state index is -0.276. The quantitative estimate of drug-likeness (QED) is 0.910. The SMILES string of the molecule is CC1CCC(CN)C(N2C(=O)CCc3ccc(F)cc32)C1. The molecule has 2 N–H and O–H groups in total. The molecule has 0 saturated heterocycles. The number of aryl methyl sites for hydroxylation is 1. The monoisotopic (exact) mass is 290 g/mol. The molecule has 3 nitrogen and oxygen atoms in total. The van der Waals surface area contributed by atoms with Gasteiger partial charge in [-0.1, -0.05) is 19.4 Å². The molecular weight excluding hydrogens is 267 g/mol. The highest BCUT2D eigenvalue weighted by molar-refractivity contribution is 5.97. The molecule has 1 aliphatic heterocycles. The number of nitrogens with two attached hydrogens (primary N) is 1. The van der Waals surface area contributed by atoms with E-state index in [-0.39, 0.29) is 17.8 Å². The van der Waals surface area contributed by atoms with E-state index in [1.165, 1.54) is 12.1 Å². The number of carbonyl (C=O) groups is 1. The highest BCUT2D eigenvalue weighted by Gasteiger charge is 2.37. The van der Waals surface area contributed by atoms with Crippen LogP contribution in [0.2, 0.25) is 0 Å². The number of carbonyl (C=O) groups excluding carboxylic acids is 1. The maximum atomic E-state index is 13.7. The number of hydrogen-bond acceptors (Lipinski definition) is 2. The zero-order chi connectivity index (χ0) is 15.0. The minimum Gasteiger partial charge on any atom is -0.330 e. The first-order chi connectivity index (χ1) is 10.1. The molecule has 1 amide bonds. The second-order valence-corrected chi connectivity index (χ2v) is 6.52. The average molecular weight is 290 g/mol. The second kappa shape index (κ2) is 5.76. The summed E-state index contributed by atoms with van der Waals surface area (Å²) < 4.78 is 13.7. The number of halogens is 1. The Bertz CT molecular complexity index is 546. The van der Waals surface area contributed by atoms with Gasteiger partial charge in [0.2, 0.25) is 5.91 Å². The average Bonchev–Trinajstić information content (AvgIpc) is 2.47. The molecule has 0 bridgehead atoms. The molecule has 3 unspecified atom stereocenters. The Morgan fingerprint density at radius 1 is 1.33 bits per heavy atom. The first-order valence-corrected chi connectivity index (χ1v) is 7.90. The van der Waals surface area contributed by atoms with Crippen LogP contribution >= 0.6 is 0 Å². The van der Waals surface area contributed by atoms with Crippen LogP contribution < -0.4 is 10.6 Å². The molecule has 1 aromatic rings. The number of hydrogen-bond donors (Lipinski definition) is 1. The summed E-state index contributed by atoms with van der Waals surface area (Å²) in [5, 5.41) is 0. The van der Waals surface area contributed by atoms with Gasteiger partial charge in [0.1, 0.15) is 5.82 Å². The molecular formula is C17H23FN2O. The summed E-state index contributed by atoms with van der Waals surface area (Å²) in [6.07, 6.45) is 4.40. The number of rotatable bonds is 2. The van der Waals surface area contributed by atoms with Gasteiger partial charge >= 0.3 is 0 Å². The first-order valence-electron chi connectivity index (χ1n) is 7.90. The molecule has 1 heterocycles. The van der Waals surface area contributed by atoms with Gasteiger partial charge in [0.25, 0.3) is 0 Å². The van der Waals surface area contributed by atoms with E-state index < -0.39 is 0 Å². The lowest BCUT2D eigenvalue weighted by atomic mass is 9.77. The highest BCUT2D eigenvalue weighted by Crippen LogP contribution is 2.38. The van der Waals surface area contributed by atoms with Crippen LogP contribution in [0.3, 0.4) is 0 Å². The largest absolute Gasteiger partial charge is 0.330 e. The third-order valence-corrected chi connectivity index (χ3v) is 5.04. The van der Waals surface area contributed by atoms with Crippen molar-refractivity contribution >= 4 is 11.6 Å². The Balaban J connectivity index is 1.99. The van der Waals surface area contributed by atoms with Crippen molar-refractivity contribution < 1.29 is 9.18 Å². The van der Waals surface area contributed by atoms with Gasteiger partial charge in [0, 0.05) is 12.5 Å². The van der Waals surface area contributed by atoms with Gasteiger partial charge in [-0.05, 0) is 55.3 Å². The van der Waals surface area contributed by atoms with Crippen molar-refractivity contribution in [1.29, 1.82) is 0 Å². The molecule has 3 rings (SSSR count). The summed E-state index contributed by atoms with van der Waals surface area (Å²) in [5.74, 6) is 0.746. The van der Waals surface area contributed by atoms with Gasteiger partial charge in [-0.25, -0.2) is 4.39 Å². The highest BCUT2D eigenvalue weighted by atomic mass is 19.1. The summed E-state index contributed by atoms with van der Waals surface area (Å²) in [7, 11) is 0. The molecule has 3 atom stereocenters. The Hall–Kier alpha value is -1.42. The standard InChI is InChI=1S/C17H23FN2O/c1-11-2-3-13(10-19)15(8-11)20-16-9-14(18)6-4-12(16)5-7-17(20)21/h4,6,9,11,13,15H,2-3,5,7-8,10,19H2,1H3. The van der Waals surface area contributed by atoms with Crippen LogP contribution in [-0.4, -0.2) is 18.5 Å². The molecule has 1 aliphatic carbocycles. The molecule has 0 aromatic heterocycles. The van der Waals surface area contributed by atoms with Crippen LogP contribution in [0.15, 0.2) is 18.2 Å². The van der Waals surface area contributed by atoms with E-state index >= 15 is 0 Å². The Kier molecular flexibility index (Phi) is 3.98. The number of anilines is 1. The first kappa shape index (κ1) is 14.5. The van der Waals surface area contributed by atoms with Crippen LogP contribution in [0.1, 0.15) is 38.2 Å². The van der Waals surface area contributed by atoms with Crippen molar-refractivity contribution in [3.8, 4) is 0 Å². The van der Waals surface area contributed by atoms with Crippen molar-refractivity contribution in [1.82, 2.24) is 0 Å². The van der Waals surface area contributed by atoms with Crippen LogP contribution in [0.25, 0.3) is 0 Å². The van der Waals surface area contributed by atoms with Crippen molar-refractivity contribution in [2.75, 3.05) is 11.4 Å². The van der Waals surface area contributed by atoms with Gasteiger partial charge in [0.15, 0.2) is 0 Å². The van der Waals surface area contributed by atoms with Crippen LogP contribution in [0.4, 0.5) is 10.1 Å². The minimum absolute atomic E-state index is 0.116. The number of fused-ring (bicyclic) bond motifs is 1. The van der Waals surface area contributed by atoms with Crippen molar-refractivity contribution in [2.45, 2.75) is 45.1 Å². The molecule has 1 fully saturated rings. The fraction of sp³-hybridized carbons (Fsp3) is 0.588. The van der Waals surface area contributed by atoms with E-state index in [1.54, 1.807) is 0 Å². The predicted octanol–water partition coefficient (Wildman–Crippen LogP) is 2.87. The van der Waals surface area contributed by atoms with Gasteiger partial charge in [0.05, 0.1) is 5.69 Å². The number of benzene rings is 1. The van der Waals surface area contributed by atoms with Gasteiger partial charge < -0.3 is 10.6 Å². The van der Waals surface area contributed by atoms with E-state index in [1.807, 2.05) is 11.0 Å². The second-order valence-electron chi connectivity index (χ2n) is 6.52. The van der Waals surface area contributed by atoms with E-state index in [0.29, 0.717) is 31.2 Å². The zero-order valence-electron chi connectivity index (χ0n) is 12.5. The van der Waals surface area contributed by atoms with Gasteiger partial charge in [-0.15, -0.1) is 0 Å². The van der Waals surface area contributed by atoms with Crippen molar-refractivity contribution in [3.63, 3.8) is 0 Å². The van der Waals surface area contributed by atoms with E-state index in [0.717, 1.165) is 30.5 Å². The molecule has 21 heavy (non-hydrogen) atoms. The third-order valence-electron chi connectivity index (χ3n) is 5.04. The van der Waals surface area contributed by atoms with Crippen molar-refractivity contribution in [3.05, 3.63) is 29.6 Å². The molecule has 1 saturated carbocycles. The Labute approximate surface area is 125 Å².